The average molecular weight is 233 g/mol. The predicted molar refractivity (Wildman–Crippen MR) is 67.8 cm³/mol. The number of benzene rings is 1. The maximum absolute atomic E-state index is 12.1. The lowest BCUT2D eigenvalue weighted by Gasteiger charge is -2.29. The van der Waals surface area contributed by atoms with Crippen molar-refractivity contribution in [1.82, 2.24) is 0 Å². The van der Waals surface area contributed by atoms with E-state index < -0.39 is 0 Å². The molecule has 3 nitrogen and oxygen atoms in total. The van der Waals surface area contributed by atoms with Crippen LogP contribution in [0, 0.1) is 0 Å². The van der Waals surface area contributed by atoms with Crippen molar-refractivity contribution < 1.29 is 9.53 Å². The van der Waals surface area contributed by atoms with Crippen LogP contribution in [-0.2, 0) is 9.53 Å². The molecule has 3 heteroatoms. The second kappa shape index (κ2) is 5.82. The van der Waals surface area contributed by atoms with Gasteiger partial charge in [-0.3, -0.25) is 9.69 Å². The molecule has 1 aliphatic heterocycles. The highest BCUT2D eigenvalue weighted by atomic mass is 16.5. The number of hydrogen-bond acceptors (Lipinski definition) is 2. The Labute approximate surface area is 102 Å². The second-order valence-electron chi connectivity index (χ2n) is 4.26. The molecule has 92 valence electrons. The minimum atomic E-state index is -0.0996. The van der Waals surface area contributed by atoms with Crippen LogP contribution in [0.25, 0.3) is 0 Å². The van der Waals surface area contributed by atoms with E-state index in [4.69, 9.17) is 4.74 Å². The molecule has 1 aromatic carbocycles. The van der Waals surface area contributed by atoms with Crippen LogP contribution in [0.5, 0.6) is 0 Å². The molecule has 1 fully saturated rings. The molecule has 0 spiro atoms. The van der Waals surface area contributed by atoms with E-state index in [0.29, 0.717) is 13.0 Å². The Morgan fingerprint density at radius 2 is 2.06 bits per heavy atom. The largest absolute Gasteiger partial charge is 0.358 e. The summed E-state index contributed by atoms with van der Waals surface area (Å²) in [6.07, 6.45) is 3.47. The molecule has 1 atom stereocenters. The number of nitrogens with zero attached hydrogens (tertiary/aromatic N) is 1. The van der Waals surface area contributed by atoms with Crippen LogP contribution < -0.4 is 4.90 Å². The summed E-state index contributed by atoms with van der Waals surface area (Å²) >= 11 is 0. The molecule has 0 bridgehead atoms. The molecule has 1 saturated heterocycles. The van der Waals surface area contributed by atoms with Gasteiger partial charge in [-0.05, 0) is 38.3 Å². The summed E-state index contributed by atoms with van der Waals surface area (Å²) in [4.78, 5) is 14.0. The number of hydrogen-bond donors (Lipinski definition) is 0. The van der Waals surface area contributed by atoms with Gasteiger partial charge >= 0.3 is 0 Å². The lowest BCUT2D eigenvalue weighted by molar-refractivity contribution is -0.120. The fraction of sp³-hybridized carbons (Fsp3) is 0.500. The van der Waals surface area contributed by atoms with E-state index >= 15 is 0 Å². The zero-order valence-electron chi connectivity index (χ0n) is 10.3. The molecule has 1 unspecified atom stereocenters. The highest BCUT2D eigenvalue weighted by Crippen LogP contribution is 2.25. The fourth-order valence-electron chi connectivity index (χ4n) is 2.25. The molecular formula is C14H19NO2. The highest BCUT2D eigenvalue weighted by molar-refractivity contribution is 5.93. The van der Waals surface area contributed by atoms with Crippen LogP contribution in [0.4, 0.5) is 5.69 Å². The Morgan fingerprint density at radius 3 is 2.76 bits per heavy atom. The van der Waals surface area contributed by atoms with Crippen molar-refractivity contribution in [3.8, 4) is 0 Å². The molecule has 1 heterocycles. The predicted octanol–water partition coefficient (Wildman–Crippen LogP) is 2.96. The smallest absolute Gasteiger partial charge is 0.229 e. The van der Waals surface area contributed by atoms with Gasteiger partial charge in [0.15, 0.2) is 0 Å². The van der Waals surface area contributed by atoms with E-state index in [9.17, 15) is 4.79 Å². The number of rotatable bonds is 3. The van der Waals surface area contributed by atoms with E-state index in [1.807, 2.05) is 42.2 Å². The Kier molecular flexibility index (Phi) is 4.15. The topological polar surface area (TPSA) is 29.5 Å². The molecule has 0 saturated carbocycles. The van der Waals surface area contributed by atoms with Crippen LogP contribution in [0.1, 0.15) is 32.6 Å². The van der Waals surface area contributed by atoms with Crippen molar-refractivity contribution in [2.45, 2.75) is 38.8 Å². The van der Waals surface area contributed by atoms with Crippen LogP contribution >= 0.6 is 0 Å². The Balaban J connectivity index is 2.26. The van der Waals surface area contributed by atoms with E-state index in [2.05, 4.69) is 0 Å². The van der Waals surface area contributed by atoms with Gasteiger partial charge in [0.1, 0.15) is 6.23 Å². The van der Waals surface area contributed by atoms with Crippen molar-refractivity contribution in [2.75, 3.05) is 11.5 Å². The highest BCUT2D eigenvalue weighted by Gasteiger charge is 2.27. The first-order valence-electron chi connectivity index (χ1n) is 6.31. The van der Waals surface area contributed by atoms with Crippen molar-refractivity contribution in [3.05, 3.63) is 30.3 Å². The summed E-state index contributed by atoms with van der Waals surface area (Å²) in [5, 5.41) is 0. The van der Waals surface area contributed by atoms with Gasteiger partial charge < -0.3 is 4.74 Å². The Morgan fingerprint density at radius 1 is 1.29 bits per heavy atom. The van der Waals surface area contributed by atoms with Crippen molar-refractivity contribution in [3.63, 3.8) is 0 Å². The van der Waals surface area contributed by atoms with Gasteiger partial charge in [0, 0.05) is 18.7 Å². The molecule has 2 rings (SSSR count). The fourth-order valence-corrected chi connectivity index (χ4v) is 2.25. The molecular weight excluding hydrogens is 214 g/mol. The lowest BCUT2D eigenvalue weighted by Crippen LogP contribution is -2.40. The number of para-hydroxylation sites is 1. The van der Waals surface area contributed by atoms with Gasteiger partial charge in [0.2, 0.25) is 5.91 Å². The van der Waals surface area contributed by atoms with E-state index in [1.54, 1.807) is 0 Å². The normalized spacial score (nSPS) is 21.4. The van der Waals surface area contributed by atoms with Gasteiger partial charge in [-0.2, -0.15) is 0 Å². The average Bonchev–Trinajstić information content (AvgIpc) is 2.53. The van der Waals surface area contributed by atoms with Crippen molar-refractivity contribution >= 4 is 11.6 Å². The molecule has 0 radical (unpaired) electrons. The molecule has 1 amide bonds. The summed E-state index contributed by atoms with van der Waals surface area (Å²) in [5.74, 6) is 0.173. The number of carbonyl (C=O) groups is 1. The van der Waals surface area contributed by atoms with Gasteiger partial charge in [0.05, 0.1) is 0 Å². The summed E-state index contributed by atoms with van der Waals surface area (Å²) < 4.78 is 5.71. The number of anilines is 1. The Bertz CT molecular complexity index is 364. The minimum Gasteiger partial charge on any atom is -0.358 e. The SMILES string of the molecule is CCOC1CCCCC(=O)N1c1ccccc1. The number of carbonyl (C=O) groups excluding carboxylic acids is 1. The van der Waals surface area contributed by atoms with Crippen molar-refractivity contribution in [2.24, 2.45) is 0 Å². The molecule has 1 aliphatic rings. The standard InChI is InChI=1S/C14H19NO2/c1-2-17-14-11-7-6-10-13(16)15(14)12-8-4-3-5-9-12/h3-5,8-9,14H,2,6-7,10-11H2,1H3. The van der Waals surface area contributed by atoms with E-state index in [-0.39, 0.29) is 12.1 Å². The van der Waals surface area contributed by atoms with Gasteiger partial charge in [-0.1, -0.05) is 18.2 Å². The van der Waals surface area contributed by atoms with Gasteiger partial charge in [-0.25, -0.2) is 0 Å². The van der Waals surface area contributed by atoms with Gasteiger partial charge in [0.25, 0.3) is 0 Å². The van der Waals surface area contributed by atoms with E-state index in [0.717, 1.165) is 24.9 Å². The van der Waals surface area contributed by atoms with Crippen LogP contribution in [-0.4, -0.2) is 18.7 Å². The first-order valence-corrected chi connectivity index (χ1v) is 6.31. The van der Waals surface area contributed by atoms with Crippen molar-refractivity contribution in [1.29, 1.82) is 0 Å². The first kappa shape index (κ1) is 12.1. The van der Waals surface area contributed by atoms with Crippen LogP contribution in [0.15, 0.2) is 30.3 Å². The third-order valence-corrected chi connectivity index (χ3v) is 3.04. The third-order valence-electron chi connectivity index (χ3n) is 3.04. The molecule has 1 aromatic rings. The number of amides is 1. The lowest BCUT2D eigenvalue weighted by atomic mass is 10.2. The molecule has 0 aliphatic carbocycles. The summed E-state index contributed by atoms with van der Waals surface area (Å²) in [6.45, 7) is 2.61. The van der Waals surface area contributed by atoms with E-state index in [1.165, 1.54) is 0 Å². The van der Waals surface area contributed by atoms with Crippen LogP contribution in [0.3, 0.4) is 0 Å². The quantitative estimate of drug-likeness (QED) is 0.803. The Hall–Kier alpha value is -1.35. The monoisotopic (exact) mass is 233 g/mol. The first-order chi connectivity index (χ1) is 8.33. The van der Waals surface area contributed by atoms with Crippen LogP contribution in [0.2, 0.25) is 0 Å². The summed E-state index contributed by atoms with van der Waals surface area (Å²) in [6, 6.07) is 9.80. The minimum absolute atomic E-state index is 0.0996. The maximum atomic E-state index is 12.1. The summed E-state index contributed by atoms with van der Waals surface area (Å²) in [7, 11) is 0. The second-order valence-corrected chi connectivity index (χ2v) is 4.26. The summed E-state index contributed by atoms with van der Waals surface area (Å²) in [5.41, 5.74) is 0.942. The zero-order chi connectivity index (χ0) is 12.1. The molecule has 0 aromatic heterocycles. The number of ether oxygens (including phenoxy) is 1. The third kappa shape index (κ3) is 2.86. The zero-order valence-corrected chi connectivity index (χ0v) is 10.3. The molecule has 17 heavy (non-hydrogen) atoms. The van der Waals surface area contributed by atoms with Gasteiger partial charge in [-0.15, -0.1) is 0 Å². The molecule has 0 N–H and O–H groups in total. The maximum Gasteiger partial charge on any atom is 0.229 e.